The molecular formula is C17H18N6O2. The Balaban J connectivity index is 1.48. The Morgan fingerprint density at radius 1 is 1.32 bits per heavy atom. The zero-order chi connectivity index (χ0) is 17.2. The molecule has 4 rings (SSSR count). The summed E-state index contributed by atoms with van der Waals surface area (Å²) in [6.07, 6.45) is 8.29. The Bertz CT molecular complexity index is 856. The van der Waals surface area contributed by atoms with Crippen LogP contribution in [0.3, 0.4) is 0 Å². The van der Waals surface area contributed by atoms with Crippen LogP contribution in [-0.4, -0.2) is 55.0 Å². The Labute approximate surface area is 144 Å². The summed E-state index contributed by atoms with van der Waals surface area (Å²) in [6, 6.07) is 3.59. The highest BCUT2D eigenvalue weighted by Gasteiger charge is 2.27. The van der Waals surface area contributed by atoms with Crippen molar-refractivity contribution < 1.29 is 9.53 Å². The average Bonchev–Trinajstić information content (AvgIpc) is 3.33. The highest BCUT2D eigenvalue weighted by molar-refractivity contribution is 5.94. The number of amides is 1. The molecule has 8 nitrogen and oxygen atoms in total. The molecule has 1 aliphatic rings. The molecule has 0 radical (unpaired) electrons. The Hall–Kier alpha value is -3.00. The number of aromatic amines is 1. The van der Waals surface area contributed by atoms with E-state index in [9.17, 15) is 4.79 Å². The van der Waals surface area contributed by atoms with Crippen LogP contribution < -0.4 is 0 Å². The predicted octanol–water partition coefficient (Wildman–Crippen LogP) is 1.51. The molecule has 1 fully saturated rings. The third kappa shape index (κ3) is 3.16. The number of carbonyl (C=O) groups is 1. The minimum Gasteiger partial charge on any atom is -0.367 e. The summed E-state index contributed by atoms with van der Waals surface area (Å²) in [5.74, 6) is 1.42. The standard InChI is InChI=1S/C17H18N6O2/c1-12-8-20-16(21-12)14-10-22(6-7-25-14)17(24)13-2-3-15(19-9-13)23-5-4-18-11-23/h2-5,8-9,11,14H,6-7,10H2,1H3,(H,20,21)/t14-/m1/s1. The number of H-pyrrole nitrogens is 1. The zero-order valence-electron chi connectivity index (χ0n) is 13.8. The van der Waals surface area contributed by atoms with E-state index in [1.165, 1.54) is 0 Å². The second-order valence-corrected chi connectivity index (χ2v) is 5.94. The van der Waals surface area contributed by atoms with Crippen LogP contribution in [0.25, 0.3) is 5.82 Å². The van der Waals surface area contributed by atoms with Gasteiger partial charge in [-0.15, -0.1) is 0 Å². The molecule has 25 heavy (non-hydrogen) atoms. The number of ether oxygens (including phenoxy) is 1. The van der Waals surface area contributed by atoms with E-state index in [4.69, 9.17) is 4.74 Å². The molecule has 0 bridgehead atoms. The molecule has 0 aromatic carbocycles. The fourth-order valence-electron chi connectivity index (χ4n) is 2.84. The number of aryl methyl sites for hydroxylation is 1. The van der Waals surface area contributed by atoms with Gasteiger partial charge in [-0.3, -0.25) is 9.36 Å². The molecule has 1 saturated heterocycles. The van der Waals surface area contributed by atoms with E-state index in [0.29, 0.717) is 25.3 Å². The van der Waals surface area contributed by atoms with Crippen LogP contribution >= 0.6 is 0 Å². The maximum atomic E-state index is 12.8. The lowest BCUT2D eigenvalue weighted by Gasteiger charge is -2.32. The normalized spacial score (nSPS) is 17.6. The van der Waals surface area contributed by atoms with Gasteiger partial charge in [0.15, 0.2) is 0 Å². The van der Waals surface area contributed by atoms with Gasteiger partial charge < -0.3 is 14.6 Å². The first-order valence-corrected chi connectivity index (χ1v) is 8.07. The van der Waals surface area contributed by atoms with Gasteiger partial charge in [0.2, 0.25) is 0 Å². The third-order valence-corrected chi connectivity index (χ3v) is 4.14. The summed E-state index contributed by atoms with van der Waals surface area (Å²) in [7, 11) is 0. The zero-order valence-corrected chi connectivity index (χ0v) is 13.8. The van der Waals surface area contributed by atoms with Gasteiger partial charge in [-0.25, -0.2) is 15.0 Å². The Morgan fingerprint density at radius 3 is 2.92 bits per heavy atom. The molecule has 1 atom stereocenters. The summed E-state index contributed by atoms with van der Waals surface area (Å²) in [6.45, 7) is 3.44. The number of carbonyl (C=O) groups excluding carboxylic acids is 1. The molecule has 0 aliphatic carbocycles. The van der Waals surface area contributed by atoms with Crippen molar-refractivity contribution in [2.75, 3.05) is 19.7 Å². The van der Waals surface area contributed by atoms with Crippen molar-refractivity contribution >= 4 is 5.91 Å². The Morgan fingerprint density at radius 2 is 2.24 bits per heavy atom. The van der Waals surface area contributed by atoms with Crippen LogP contribution in [-0.2, 0) is 4.74 Å². The van der Waals surface area contributed by atoms with Crippen molar-refractivity contribution in [3.8, 4) is 5.82 Å². The molecule has 0 saturated carbocycles. The molecule has 3 aromatic rings. The average molecular weight is 338 g/mol. The van der Waals surface area contributed by atoms with E-state index in [2.05, 4.69) is 19.9 Å². The molecule has 1 amide bonds. The van der Waals surface area contributed by atoms with Crippen molar-refractivity contribution in [2.24, 2.45) is 0 Å². The lowest BCUT2D eigenvalue weighted by molar-refractivity contribution is -0.0264. The van der Waals surface area contributed by atoms with Gasteiger partial charge in [-0.1, -0.05) is 0 Å². The van der Waals surface area contributed by atoms with Gasteiger partial charge in [-0.05, 0) is 19.1 Å². The molecule has 8 heteroatoms. The van der Waals surface area contributed by atoms with Crippen LogP contribution in [0, 0.1) is 6.92 Å². The van der Waals surface area contributed by atoms with Crippen LogP contribution in [0.1, 0.15) is 28.0 Å². The summed E-state index contributed by atoms with van der Waals surface area (Å²) >= 11 is 0. The maximum absolute atomic E-state index is 12.8. The number of hydrogen-bond donors (Lipinski definition) is 1. The molecule has 0 spiro atoms. The van der Waals surface area contributed by atoms with Crippen LogP contribution in [0.4, 0.5) is 0 Å². The summed E-state index contributed by atoms with van der Waals surface area (Å²) in [4.78, 5) is 30.4. The number of morpholine rings is 1. The highest BCUT2D eigenvalue weighted by atomic mass is 16.5. The second kappa shape index (κ2) is 6.48. The lowest BCUT2D eigenvalue weighted by atomic mass is 10.2. The molecule has 128 valence electrons. The predicted molar refractivity (Wildman–Crippen MR) is 89.3 cm³/mol. The maximum Gasteiger partial charge on any atom is 0.255 e. The SMILES string of the molecule is Cc1cnc([C@H]2CN(C(=O)c3ccc(-n4ccnc4)nc3)CCO2)[nH]1. The largest absolute Gasteiger partial charge is 0.367 e. The monoisotopic (exact) mass is 338 g/mol. The lowest BCUT2D eigenvalue weighted by Crippen LogP contribution is -2.42. The third-order valence-electron chi connectivity index (χ3n) is 4.14. The molecule has 1 N–H and O–H groups in total. The quantitative estimate of drug-likeness (QED) is 0.782. The van der Waals surface area contributed by atoms with Gasteiger partial charge in [-0.2, -0.15) is 0 Å². The van der Waals surface area contributed by atoms with Crippen LogP contribution in [0.2, 0.25) is 0 Å². The minimum atomic E-state index is -0.232. The van der Waals surface area contributed by atoms with Crippen LogP contribution in [0.15, 0.2) is 43.2 Å². The van der Waals surface area contributed by atoms with Gasteiger partial charge in [0.25, 0.3) is 5.91 Å². The van der Waals surface area contributed by atoms with Gasteiger partial charge in [0.05, 0.1) is 18.7 Å². The van der Waals surface area contributed by atoms with Crippen LogP contribution in [0.5, 0.6) is 0 Å². The van der Waals surface area contributed by atoms with E-state index in [-0.39, 0.29) is 12.0 Å². The molecule has 0 unspecified atom stereocenters. The van der Waals surface area contributed by atoms with Crippen molar-refractivity contribution in [2.45, 2.75) is 13.0 Å². The molecule has 4 heterocycles. The van der Waals surface area contributed by atoms with Crippen molar-refractivity contribution in [1.29, 1.82) is 0 Å². The number of pyridine rings is 1. The molecular weight excluding hydrogens is 320 g/mol. The molecule has 1 aliphatic heterocycles. The van der Waals surface area contributed by atoms with E-state index in [1.807, 2.05) is 19.2 Å². The fourth-order valence-corrected chi connectivity index (χ4v) is 2.84. The Kier molecular flexibility index (Phi) is 4.02. The van der Waals surface area contributed by atoms with E-state index in [1.54, 1.807) is 40.5 Å². The number of aromatic nitrogens is 5. The first kappa shape index (κ1) is 15.5. The van der Waals surface area contributed by atoms with Crippen molar-refractivity contribution in [1.82, 2.24) is 29.4 Å². The van der Waals surface area contributed by atoms with Gasteiger partial charge in [0, 0.05) is 37.0 Å². The first-order chi connectivity index (χ1) is 12.2. The van der Waals surface area contributed by atoms with E-state index in [0.717, 1.165) is 17.3 Å². The number of rotatable bonds is 3. The fraction of sp³-hybridized carbons (Fsp3) is 0.294. The summed E-state index contributed by atoms with van der Waals surface area (Å²) < 4.78 is 7.54. The van der Waals surface area contributed by atoms with E-state index >= 15 is 0 Å². The minimum absolute atomic E-state index is 0.0544. The van der Waals surface area contributed by atoms with Crippen molar-refractivity contribution in [3.63, 3.8) is 0 Å². The van der Waals surface area contributed by atoms with Gasteiger partial charge in [0.1, 0.15) is 24.1 Å². The van der Waals surface area contributed by atoms with Crippen molar-refractivity contribution in [3.05, 3.63) is 60.3 Å². The smallest absolute Gasteiger partial charge is 0.255 e. The number of nitrogens with zero attached hydrogens (tertiary/aromatic N) is 5. The van der Waals surface area contributed by atoms with Gasteiger partial charge >= 0.3 is 0 Å². The summed E-state index contributed by atoms with van der Waals surface area (Å²) in [5, 5.41) is 0. The first-order valence-electron chi connectivity index (χ1n) is 8.07. The number of nitrogens with one attached hydrogen (secondary N) is 1. The number of imidazole rings is 2. The summed E-state index contributed by atoms with van der Waals surface area (Å²) in [5.41, 5.74) is 1.53. The highest BCUT2D eigenvalue weighted by Crippen LogP contribution is 2.21. The topological polar surface area (TPSA) is 88.9 Å². The molecule has 3 aromatic heterocycles. The second-order valence-electron chi connectivity index (χ2n) is 5.94. The number of hydrogen-bond acceptors (Lipinski definition) is 5. The van der Waals surface area contributed by atoms with E-state index < -0.39 is 0 Å².